The predicted molar refractivity (Wildman–Crippen MR) is 92.8 cm³/mol. The Kier molecular flexibility index (Phi) is 5.80. The van der Waals surface area contributed by atoms with E-state index in [0.29, 0.717) is 23.7 Å². The molecule has 0 atom stereocenters. The molecule has 5 nitrogen and oxygen atoms in total. The average molecular weight is 335 g/mol. The Morgan fingerprint density at radius 1 is 1.22 bits per heavy atom. The molecule has 0 saturated heterocycles. The molecule has 1 heterocycles. The van der Waals surface area contributed by atoms with Crippen LogP contribution in [0.1, 0.15) is 27.3 Å². The van der Waals surface area contributed by atoms with Gasteiger partial charge in [-0.1, -0.05) is 11.6 Å². The number of carbonyl (C=O) groups excluding carboxylic acids is 1. The molecule has 1 N–H and O–H groups in total. The van der Waals surface area contributed by atoms with Crippen molar-refractivity contribution in [3.8, 4) is 0 Å². The molecule has 0 bridgehead atoms. The van der Waals surface area contributed by atoms with Gasteiger partial charge in [0.05, 0.1) is 18.6 Å². The minimum absolute atomic E-state index is 0.0279. The first-order valence-electron chi connectivity index (χ1n) is 7.57. The van der Waals surface area contributed by atoms with Crippen LogP contribution in [0, 0.1) is 13.8 Å². The van der Waals surface area contributed by atoms with Gasteiger partial charge in [-0.3, -0.25) is 4.79 Å². The van der Waals surface area contributed by atoms with E-state index in [-0.39, 0.29) is 5.91 Å². The lowest BCUT2D eigenvalue weighted by molar-refractivity contribution is 0.0729. The number of hydrogen-bond donors (Lipinski definition) is 1. The molecule has 0 spiro atoms. The fraction of sp³-hybridized carbons (Fsp3) is 0.412. The van der Waals surface area contributed by atoms with Crippen LogP contribution < -0.4 is 0 Å². The zero-order valence-electron chi connectivity index (χ0n) is 14.1. The Bertz CT molecular complexity index is 661. The molecule has 0 saturated carbocycles. The molecular weight excluding hydrogens is 312 g/mol. The van der Waals surface area contributed by atoms with Crippen molar-refractivity contribution in [2.75, 3.05) is 27.2 Å². The molecular formula is C17H23ClN4O. The molecule has 1 aromatic carbocycles. The second-order valence-corrected chi connectivity index (χ2v) is 6.46. The summed E-state index contributed by atoms with van der Waals surface area (Å²) in [5.74, 6) is -0.0279. The highest BCUT2D eigenvalue weighted by atomic mass is 35.5. The first kappa shape index (κ1) is 17.5. The molecule has 0 unspecified atom stereocenters. The van der Waals surface area contributed by atoms with Gasteiger partial charge in [0.2, 0.25) is 0 Å². The normalized spacial score (nSPS) is 11.0. The lowest BCUT2D eigenvalue weighted by atomic mass is 10.1. The van der Waals surface area contributed by atoms with Crippen LogP contribution in [0.25, 0.3) is 0 Å². The Balaban J connectivity index is 2.24. The van der Waals surface area contributed by atoms with Crippen LogP contribution in [-0.2, 0) is 6.54 Å². The number of likely N-dealkylation sites (N-methyl/N-ethyl adjacent to an activating group) is 1. The van der Waals surface area contributed by atoms with Crippen molar-refractivity contribution >= 4 is 17.5 Å². The summed E-state index contributed by atoms with van der Waals surface area (Å²) >= 11 is 6.10. The van der Waals surface area contributed by atoms with E-state index in [1.54, 1.807) is 12.4 Å². The van der Waals surface area contributed by atoms with E-state index < -0.39 is 0 Å². The van der Waals surface area contributed by atoms with Crippen molar-refractivity contribution in [1.82, 2.24) is 19.8 Å². The minimum Gasteiger partial charge on any atom is -0.348 e. The van der Waals surface area contributed by atoms with Crippen LogP contribution in [0.2, 0.25) is 5.02 Å². The largest absolute Gasteiger partial charge is 0.348 e. The average Bonchev–Trinajstić information content (AvgIpc) is 2.86. The van der Waals surface area contributed by atoms with Crippen LogP contribution in [0.15, 0.2) is 24.5 Å². The summed E-state index contributed by atoms with van der Waals surface area (Å²) in [4.78, 5) is 24.1. The lowest BCUT2D eigenvalue weighted by Crippen LogP contribution is -2.36. The van der Waals surface area contributed by atoms with Gasteiger partial charge in [0.25, 0.3) is 5.91 Å². The number of aromatic amines is 1. The van der Waals surface area contributed by atoms with Gasteiger partial charge < -0.3 is 14.8 Å². The molecule has 1 aromatic heterocycles. The maximum atomic E-state index is 12.9. The van der Waals surface area contributed by atoms with E-state index in [1.165, 1.54) is 0 Å². The number of aryl methyl sites for hydroxylation is 2. The number of amides is 1. The third-order valence-electron chi connectivity index (χ3n) is 3.67. The number of nitrogens with one attached hydrogen (secondary N) is 1. The van der Waals surface area contributed by atoms with E-state index in [0.717, 1.165) is 23.5 Å². The number of rotatable bonds is 6. The summed E-state index contributed by atoms with van der Waals surface area (Å²) < 4.78 is 0. The maximum Gasteiger partial charge on any atom is 0.254 e. The van der Waals surface area contributed by atoms with Crippen LogP contribution >= 0.6 is 11.6 Å². The van der Waals surface area contributed by atoms with E-state index in [1.807, 2.05) is 45.0 Å². The number of carbonyl (C=O) groups is 1. The summed E-state index contributed by atoms with van der Waals surface area (Å²) in [6, 6.07) is 5.44. The van der Waals surface area contributed by atoms with Crippen LogP contribution in [0.5, 0.6) is 0 Å². The molecule has 0 aliphatic rings. The van der Waals surface area contributed by atoms with Gasteiger partial charge in [-0.05, 0) is 51.7 Å². The number of halogens is 1. The minimum atomic E-state index is -0.0279. The third-order valence-corrected chi connectivity index (χ3v) is 3.89. The molecule has 124 valence electrons. The van der Waals surface area contributed by atoms with Crippen LogP contribution in [-0.4, -0.2) is 52.9 Å². The third kappa shape index (κ3) is 4.81. The van der Waals surface area contributed by atoms with Gasteiger partial charge in [0.15, 0.2) is 0 Å². The monoisotopic (exact) mass is 334 g/mol. The Hall–Kier alpha value is -1.85. The molecule has 0 radical (unpaired) electrons. The highest BCUT2D eigenvalue weighted by molar-refractivity contribution is 6.31. The van der Waals surface area contributed by atoms with Crippen molar-refractivity contribution in [3.05, 3.63) is 52.1 Å². The van der Waals surface area contributed by atoms with E-state index >= 15 is 0 Å². The molecule has 0 aliphatic carbocycles. The highest BCUT2D eigenvalue weighted by Gasteiger charge is 2.19. The van der Waals surface area contributed by atoms with Gasteiger partial charge in [-0.2, -0.15) is 0 Å². The van der Waals surface area contributed by atoms with Gasteiger partial charge >= 0.3 is 0 Å². The van der Waals surface area contributed by atoms with Gasteiger partial charge in [0, 0.05) is 29.4 Å². The number of benzene rings is 1. The summed E-state index contributed by atoms with van der Waals surface area (Å²) in [5.41, 5.74) is 3.46. The summed E-state index contributed by atoms with van der Waals surface area (Å²) in [6.45, 7) is 5.79. The van der Waals surface area contributed by atoms with Crippen LogP contribution in [0.3, 0.4) is 0 Å². The Morgan fingerprint density at radius 3 is 2.52 bits per heavy atom. The Labute approximate surface area is 142 Å². The summed E-state index contributed by atoms with van der Waals surface area (Å²) in [6.07, 6.45) is 1.66. The molecule has 23 heavy (non-hydrogen) atoms. The van der Waals surface area contributed by atoms with Gasteiger partial charge in [-0.25, -0.2) is 4.98 Å². The number of hydrogen-bond acceptors (Lipinski definition) is 3. The van der Waals surface area contributed by atoms with Gasteiger partial charge in [-0.15, -0.1) is 0 Å². The smallest absolute Gasteiger partial charge is 0.254 e. The fourth-order valence-electron chi connectivity index (χ4n) is 2.34. The first-order chi connectivity index (χ1) is 10.9. The van der Waals surface area contributed by atoms with Crippen molar-refractivity contribution in [3.63, 3.8) is 0 Å². The second kappa shape index (κ2) is 7.62. The summed E-state index contributed by atoms with van der Waals surface area (Å²) in [7, 11) is 3.98. The van der Waals surface area contributed by atoms with Crippen LogP contribution in [0.4, 0.5) is 0 Å². The topological polar surface area (TPSA) is 52.2 Å². The van der Waals surface area contributed by atoms with Gasteiger partial charge in [0.1, 0.15) is 0 Å². The highest BCUT2D eigenvalue weighted by Crippen LogP contribution is 2.17. The number of H-pyrrole nitrogens is 1. The second-order valence-electron chi connectivity index (χ2n) is 6.02. The molecule has 1 amide bonds. The number of imidazole rings is 1. The number of nitrogens with zero attached hydrogens (tertiary/aromatic N) is 3. The zero-order valence-corrected chi connectivity index (χ0v) is 14.8. The molecule has 2 rings (SSSR count). The molecule has 2 aromatic rings. The van der Waals surface area contributed by atoms with E-state index in [9.17, 15) is 4.79 Å². The summed E-state index contributed by atoms with van der Waals surface area (Å²) in [5, 5.41) is 0.580. The standard InChI is InChI=1S/C17H23ClN4O/c1-12-7-14(9-15(18)8-12)17(23)22(6-5-21(3)4)10-16-13(2)19-11-20-16/h7-9,11H,5-6,10H2,1-4H3,(H,19,20). The molecule has 6 heteroatoms. The predicted octanol–water partition coefficient (Wildman–Crippen LogP) is 2.88. The van der Waals surface area contributed by atoms with E-state index in [4.69, 9.17) is 11.6 Å². The Morgan fingerprint density at radius 2 is 1.96 bits per heavy atom. The van der Waals surface area contributed by atoms with Crippen molar-refractivity contribution < 1.29 is 4.79 Å². The SMILES string of the molecule is Cc1cc(Cl)cc(C(=O)N(CCN(C)C)Cc2nc[nH]c2C)c1. The lowest BCUT2D eigenvalue weighted by Gasteiger charge is -2.24. The van der Waals surface area contributed by atoms with E-state index in [2.05, 4.69) is 14.9 Å². The zero-order chi connectivity index (χ0) is 17.0. The van der Waals surface area contributed by atoms with Crippen molar-refractivity contribution in [2.45, 2.75) is 20.4 Å². The quantitative estimate of drug-likeness (QED) is 0.883. The molecule has 0 aliphatic heterocycles. The maximum absolute atomic E-state index is 12.9. The van der Waals surface area contributed by atoms with Crippen molar-refractivity contribution in [1.29, 1.82) is 0 Å². The molecule has 0 fully saturated rings. The fourth-order valence-corrected chi connectivity index (χ4v) is 2.63. The number of aromatic nitrogens is 2. The first-order valence-corrected chi connectivity index (χ1v) is 7.94. The van der Waals surface area contributed by atoms with Crippen molar-refractivity contribution in [2.24, 2.45) is 0 Å².